The number of rotatable bonds is 12. The van der Waals surface area contributed by atoms with Crippen molar-refractivity contribution in [3.8, 4) is 5.75 Å². The third-order valence-corrected chi connectivity index (χ3v) is 6.07. The quantitative estimate of drug-likeness (QED) is 0.259. The molecule has 2 aliphatic rings. The van der Waals surface area contributed by atoms with E-state index in [0.29, 0.717) is 18.4 Å². The zero-order valence-corrected chi connectivity index (χ0v) is 19.8. The van der Waals surface area contributed by atoms with Crippen molar-refractivity contribution in [3.05, 3.63) is 41.0 Å². The lowest BCUT2D eigenvalue weighted by molar-refractivity contribution is -0.144. The summed E-state index contributed by atoms with van der Waals surface area (Å²) >= 11 is 0. The highest BCUT2D eigenvalue weighted by Gasteiger charge is 2.46. The Hall–Kier alpha value is -2.18. The summed E-state index contributed by atoms with van der Waals surface area (Å²) in [5.41, 5.74) is 1.98. The fourth-order valence-corrected chi connectivity index (χ4v) is 4.39. The van der Waals surface area contributed by atoms with Gasteiger partial charge in [-0.05, 0) is 50.8 Å². The fourth-order valence-electron chi connectivity index (χ4n) is 4.39. The van der Waals surface area contributed by atoms with Crippen LogP contribution in [0.2, 0.25) is 0 Å². The van der Waals surface area contributed by atoms with Gasteiger partial charge in [-0.25, -0.2) is 4.79 Å². The van der Waals surface area contributed by atoms with Gasteiger partial charge >= 0.3 is 5.97 Å². The van der Waals surface area contributed by atoms with E-state index in [1.54, 1.807) is 7.11 Å². The molecule has 1 saturated heterocycles. The maximum atomic E-state index is 12.9. The van der Waals surface area contributed by atoms with Crippen LogP contribution in [-0.2, 0) is 30.2 Å². The number of carbonyl (C=O) groups excluding carboxylic acids is 2. The van der Waals surface area contributed by atoms with Crippen LogP contribution in [0.25, 0.3) is 0 Å². The second-order valence-electron chi connectivity index (χ2n) is 9.05. The number of cyclic esters (lactones) is 1. The van der Waals surface area contributed by atoms with E-state index >= 15 is 0 Å². The third kappa shape index (κ3) is 6.20. The monoisotopic (exact) mass is 444 g/mol. The second kappa shape index (κ2) is 11.1. The van der Waals surface area contributed by atoms with Crippen LogP contribution in [0.1, 0.15) is 71.3 Å². The standard InChI is InChI=1S/C26H36O6/c1-5-6-7-8-9-10-21(27)23-20(17-30-25(23)28)24-22(31-26(2,3)32-24)16-13-18-11-14-19(29-4)15-12-18/h11-12,14-15,22,24H,5-10,13,16-17H2,1-4H3/t22-,24-/m1/s1. The molecule has 0 unspecified atom stereocenters. The molecular formula is C26H36O6. The molecule has 0 saturated carbocycles. The minimum Gasteiger partial charge on any atom is -0.497 e. The Morgan fingerprint density at radius 2 is 1.81 bits per heavy atom. The first-order chi connectivity index (χ1) is 15.3. The fraction of sp³-hybridized carbons (Fsp3) is 0.615. The molecule has 1 fully saturated rings. The molecule has 0 spiro atoms. The number of ether oxygens (including phenoxy) is 4. The predicted molar refractivity (Wildman–Crippen MR) is 122 cm³/mol. The number of ketones is 1. The van der Waals surface area contributed by atoms with Gasteiger partial charge in [0.05, 0.1) is 13.2 Å². The van der Waals surface area contributed by atoms with Gasteiger partial charge in [0.15, 0.2) is 11.6 Å². The van der Waals surface area contributed by atoms with Gasteiger partial charge in [-0.15, -0.1) is 0 Å². The Balaban J connectivity index is 1.70. The highest BCUT2D eigenvalue weighted by Crippen LogP contribution is 2.37. The van der Waals surface area contributed by atoms with E-state index in [1.165, 1.54) is 6.42 Å². The Morgan fingerprint density at radius 3 is 2.50 bits per heavy atom. The number of hydrogen-bond donors (Lipinski definition) is 0. The minimum absolute atomic E-state index is 0.0961. The summed E-state index contributed by atoms with van der Waals surface area (Å²) in [6, 6.07) is 7.94. The molecule has 6 heteroatoms. The molecule has 1 aromatic rings. The third-order valence-electron chi connectivity index (χ3n) is 6.07. The highest BCUT2D eigenvalue weighted by atomic mass is 16.8. The molecular weight excluding hydrogens is 408 g/mol. The van der Waals surface area contributed by atoms with Crippen LogP contribution in [0.3, 0.4) is 0 Å². The largest absolute Gasteiger partial charge is 0.497 e. The van der Waals surface area contributed by atoms with Gasteiger partial charge in [-0.2, -0.15) is 0 Å². The molecule has 0 aliphatic carbocycles. The van der Waals surface area contributed by atoms with Crippen LogP contribution < -0.4 is 4.74 Å². The molecule has 6 nitrogen and oxygen atoms in total. The Labute approximate surface area is 191 Å². The maximum absolute atomic E-state index is 12.9. The summed E-state index contributed by atoms with van der Waals surface area (Å²) in [5, 5.41) is 0. The number of carbonyl (C=O) groups is 2. The molecule has 176 valence electrons. The smallest absolute Gasteiger partial charge is 0.342 e. The van der Waals surface area contributed by atoms with Crippen molar-refractivity contribution in [3.63, 3.8) is 0 Å². The van der Waals surface area contributed by atoms with Crippen LogP contribution in [0.4, 0.5) is 0 Å². The Kier molecular flexibility index (Phi) is 8.49. The van der Waals surface area contributed by atoms with Gasteiger partial charge in [0, 0.05) is 12.0 Å². The van der Waals surface area contributed by atoms with E-state index in [4.69, 9.17) is 18.9 Å². The number of unbranched alkanes of at least 4 members (excludes halogenated alkanes) is 4. The molecule has 0 amide bonds. The zero-order chi connectivity index (χ0) is 23.1. The van der Waals surface area contributed by atoms with E-state index in [2.05, 4.69) is 6.92 Å². The normalized spacial score (nSPS) is 22.3. The maximum Gasteiger partial charge on any atom is 0.342 e. The number of methoxy groups -OCH3 is 1. The van der Waals surface area contributed by atoms with Crippen molar-refractivity contribution in [2.24, 2.45) is 0 Å². The van der Waals surface area contributed by atoms with Gasteiger partial charge in [0.25, 0.3) is 0 Å². The molecule has 2 atom stereocenters. The SMILES string of the molecule is CCCCCCCC(=O)C1=C([C@H]2OC(C)(C)O[C@@H]2CCc2ccc(OC)cc2)COC1=O. The van der Waals surface area contributed by atoms with E-state index < -0.39 is 17.9 Å². The topological polar surface area (TPSA) is 71.1 Å². The van der Waals surface area contributed by atoms with E-state index in [1.807, 2.05) is 38.1 Å². The van der Waals surface area contributed by atoms with Crippen LogP contribution >= 0.6 is 0 Å². The summed E-state index contributed by atoms with van der Waals surface area (Å²) in [5.74, 6) is -0.637. The molecule has 3 rings (SSSR count). The first-order valence-corrected chi connectivity index (χ1v) is 11.8. The molecule has 0 aromatic heterocycles. The van der Waals surface area contributed by atoms with Crippen molar-refractivity contribution < 1.29 is 28.5 Å². The first kappa shape index (κ1) is 24.5. The molecule has 0 N–H and O–H groups in total. The van der Waals surface area contributed by atoms with Crippen LogP contribution in [0, 0.1) is 0 Å². The van der Waals surface area contributed by atoms with Crippen molar-refractivity contribution in [2.75, 3.05) is 13.7 Å². The number of hydrogen-bond acceptors (Lipinski definition) is 6. The minimum atomic E-state index is -0.789. The lowest BCUT2D eigenvalue weighted by Gasteiger charge is -2.18. The van der Waals surface area contributed by atoms with Crippen LogP contribution in [-0.4, -0.2) is 43.5 Å². The molecule has 0 bridgehead atoms. The molecule has 2 heterocycles. The lowest BCUT2D eigenvalue weighted by atomic mass is 9.93. The molecule has 0 radical (unpaired) electrons. The number of benzene rings is 1. The van der Waals surface area contributed by atoms with Crippen LogP contribution in [0.15, 0.2) is 35.4 Å². The van der Waals surface area contributed by atoms with Crippen LogP contribution in [0.5, 0.6) is 5.75 Å². The predicted octanol–water partition coefficient (Wildman–Crippen LogP) is 4.93. The van der Waals surface area contributed by atoms with Crippen molar-refractivity contribution in [1.29, 1.82) is 0 Å². The van der Waals surface area contributed by atoms with Crippen molar-refractivity contribution >= 4 is 11.8 Å². The van der Waals surface area contributed by atoms with Gasteiger partial charge < -0.3 is 18.9 Å². The Bertz CT molecular complexity index is 823. The van der Waals surface area contributed by atoms with Gasteiger partial charge in [0.1, 0.15) is 24.0 Å². The molecule has 32 heavy (non-hydrogen) atoms. The first-order valence-electron chi connectivity index (χ1n) is 11.8. The number of aryl methyl sites for hydroxylation is 1. The summed E-state index contributed by atoms with van der Waals surface area (Å²) in [6.45, 7) is 5.98. The molecule has 2 aliphatic heterocycles. The van der Waals surface area contributed by atoms with Gasteiger partial charge in [0.2, 0.25) is 0 Å². The average Bonchev–Trinajstić information content (AvgIpc) is 3.30. The van der Waals surface area contributed by atoms with E-state index in [0.717, 1.165) is 43.4 Å². The zero-order valence-electron chi connectivity index (χ0n) is 19.8. The number of esters is 1. The second-order valence-corrected chi connectivity index (χ2v) is 9.05. The molecule has 1 aromatic carbocycles. The van der Waals surface area contributed by atoms with Crippen molar-refractivity contribution in [2.45, 2.75) is 90.1 Å². The van der Waals surface area contributed by atoms with Gasteiger partial charge in [-0.1, -0.05) is 44.7 Å². The Morgan fingerprint density at radius 1 is 1.09 bits per heavy atom. The van der Waals surface area contributed by atoms with Gasteiger partial charge in [-0.3, -0.25) is 4.79 Å². The summed E-state index contributed by atoms with van der Waals surface area (Å²) < 4.78 is 22.8. The van der Waals surface area contributed by atoms with E-state index in [-0.39, 0.29) is 24.1 Å². The van der Waals surface area contributed by atoms with E-state index in [9.17, 15) is 9.59 Å². The lowest BCUT2D eigenvalue weighted by Crippen LogP contribution is -2.28. The summed E-state index contributed by atoms with van der Waals surface area (Å²) in [6.07, 6.45) is 6.36. The number of Topliss-reactive ketones (excluding diaryl/α,β-unsaturated/α-hetero) is 1. The van der Waals surface area contributed by atoms with Crippen molar-refractivity contribution in [1.82, 2.24) is 0 Å². The summed E-state index contributed by atoms with van der Waals surface area (Å²) in [4.78, 5) is 25.3. The summed E-state index contributed by atoms with van der Waals surface area (Å²) in [7, 11) is 1.65. The highest BCUT2D eigenvalue weighted by molar-refractivity contribution is 6.19. The average molecular weight is 445 g/mol.